The monoisotopic (exact) mass is 252 g/mol. The molecule has 1 rings (SSSR count). The lowest BCUT2D eigenvalue weighted by molar-refractivity contribution is -0.166. The Bertz CT molecular complexity index is 425. The van der Waals surface area contributed by atoms with Crippen LogP contribution in [0.25, 0.3) is 0 Å². The summed E-state index contributed by atoms with van der Waals surface area (Å²) in [7, 11) is 0. The molecule has 0 spiro atoms. The number of aliphatic carboxylic acids is 2. The van der Waals surface area contributed by atoms with Gasteiger partial charge in [-0.3, -0.25) is 14.4 Å². The van der Waals surface area contributed by atoms with E-state index in [9.17, 15) is 14.4 Å². The molecule has 0 atom stereocenters. The van der Waals surface area contributed by atoms with E-state index < -0.39 is 23.8 Å². The first-order chi connectivity index (χ1) is 8.52. The van der Waals surface area contributed by atoms with Crippen molar-refractivity contribution >= 4 is 17.9 Å². The Balaban J connectivity index is 2.46. The van der Waals surface area contributed by atoms with Crippen LogP contribution in [0.1, 0.15) is 5.56 Å². The molecule has 0 fully saturated rings. The number of benzene rings is 1. The molecular formula is C12H12O6. The Morgan fingerprint density at radius 2 is 1.61 bits per heavy atom. The van der Waals surface area contributed by atoms with Crippen molar-refractivity contribution < 1.29 is 29.3 Å². The zero-order chi connectivity index (χ0) is 13.5. The van der Waals surface area contributed by atoms with Crippen LogP contribution >= 0.6 is 0 Å². The Kier molecular flexibility index (Phi) is 4.86. The normalized spacial score (nSPS) is 10.1. The van der Waals surface area contributed by atoms with Crippen molar-refractivity contribution in [3.05, 3.63) is 35.9 Å². The number of hydrogen-bond donors (Lipinski definition) is 2. The molecule has 0 heterocycles. The second-order valence-electron chi connectivity index (χ2n) is 3.51. The molecule has 0 aliphatic heterocycles. The molecule has 0 bridgehead atoms. The SMILES string of the molecule is O=C(O)C(C(=O)O)C(=O)OCCc1ccccc1. The molecule has 0 saturated carbocycles. The Hall–Kier alpha value is -2.37. The highest BCUT2D eigenvalue weighted by molar-refractivity contribution is 6.11. The largest absolute Gasteiger partial charge is 0.480 e. The first kappa shape index (κ1) is 13.7. The molecule has 1 aromatic rings. The van der Waals surface area contributed by atoms with Crippen molar-refractivity contribution in [1.29, 1.82) is 0 Å². The van der Waals surface area contributed by atoms with Crippen LogP contribution in [-0.2, 0) is 25.5 Å². The number of ether oxygens (including phenoxy) is 1. The van der Waals surface area contributed by atoms with Gasteiger partial charge in [0.2, 0.25) is 5.92 Å². The first-order valence-corrected chi connectivity index (χ1v) is 5.18. The van der Waals surface area contributed by atoms with Crippen LogP contribution in [0.4, 0.5) is 0 Å². The van der Waals surface area contributed by atoms with Gasteiger partial charge in [0.15, 0.2) is 0 Å². The van der Waals surface area contributed by atoms with E-state index in [-0.39, 0.29) is 6.61 Å². The lowest BCUT2D eigenvalue weighted by Gasteiger charge is -2.08. The highest BCUT2D eigenvalue weighted by Gasteiger charge is 2.35. The predicted octanol–water partition coefficient (Wildman–Crippen LogP) is 0.558. The highest BCUT2D eigenvalue weighted by atomic mass is 16.5. The van der Waals surface area contributed by atoms with Gasteiger partial charge >= 0.3 is 17.9 Å². The third-order valence-electron chi connectivity index (χ3n) is 2.21. The van der Waals surface area contributed by atoms with E-state index >= 15 is 0 Å². The summed E-state index contributed by atoms with van der Waals surface area (Å²) >= 11 is 0. The van der Waals surface area contributed by atoms with Crippen LogP contribution in [0.15, 0.2) is 30.3 Å². The fraction of sp³-hybridized carbons (Fsp3) is 0.250. The number of carboxylic acids is 2. The molecule has 0 aliphatic rings. The maximum atomic E-state index is 11.2. The summed E-state index contributed by atoms with van der Waals surface area (Å²) in [5, 5.41) is 17.1. The van der Waals surface area contributed by atoms with Gasteiger partial charge in [-0.25, -0.2) is 0 Å². The molecule has 0 aromatic heterocycles. The van der Waals surface area contributed by atoms with E-state index in [1.807, 2.05) is 30.3 Å². The lowest BCUT2D eigenvalue weighted by atomic mass is 10.1. The van der Waals surface area contributed by atoms with Gasteiger partial charge in [0.25, 0.3) is 0 Å². The maximum absolute atomic E-state index is 11.2. The van der Waals surface area contributed by atoms with E-state index in [2.05, 4.69) is 4.74 Å². The summed E-state index contributed by atoms with van der Waals surface area (Å²) in [6.45, 7) is -0.0556. The summed E-state index contributed by atoms with van der Waals surface area (Å²) in [6, 6.07) is 9.10. The van der Waals surface area contributed by atoms with Crippen LogP contribution in [0, 0.1) is 5.92 Å². The number of hydrogen-bond acceptors (Lipinski definition) is 4. The van der Waals surface area contributed by atoms with Gasteiger partial charge in [-0.15, -0.1) is 0 Å². The van der Waals surface area contributed by atoms with E-state index in [1.165, 1.54) is 0 Å². The number of esters is 1. The van der Waals surface area contributed by atoms with Gasteiger partial charge in [-0.2, -0.15) is 0 Å². The summed E-state index contributed by atoms with van der Waals surface area (Å²) in [5.41, 5.74) is 0.910. The van der Waals surface area contributed by atoms with Crippen molar-refractivity contribution in [3.8, 4) is 0 Å². The number of rotatable bonds is 6. The summed E-state index contributed by atoms with van der Waals surface area (Å²) in [4.78, 5) is 32.3. The van der Waals surface area contributed by atoms with Gasteiger partial charge in [0, 0.05) is 6.42 Å². The number of carboxylic acid groups (broad SMARTS) is 2. The summed E-state index contributed by atoms with van der Waals surface area (Å²) in [6.07, 6.45) is 0.401. The van der Waals surface area contributed by atoms with Crippen LogP contribution in [0.2, 0.25) is 0 Å². The van der Waals surface area contributed by atoms with E-state index in [0.29, 0.717) is 6.42 Å². The van der Waals surface area contributed by atoms with Crippen molar-refractivity contribution in [3.63, 3.8) is 0 Å². The zero-order valence-corrected chi connectivity index (χ0v) is 9.41. The van der Waals surface area contributed by atoms with Gasteiger partial charge < -0.3 is 14.9 Å². The van der Waals surface area contributed by atoms with Gasteiger partial charge in [-0.05, 0) is 5.56 Å². The molecule has 6 heteroatoms. The molecule has 18 heavy (non-hydrogen) atoms. The standard InChI is InChI=1S/C12H12O6/c13-10(14)9(11(15)16)12(17)18-7-6-8-4-2-1-3-5-8/h1-5,9H,6-7H2,(H,13,14)(H,15,16). The van der Waals surface area contributed by atoms with E-state index in [4.69, 9.17) is 10.2 Å². The predicted molar refractivity (Wildman–Crippen MR) is 59.9 cm³/mol. The van der Waals surface area contributed by atoms with Crippen molar-refractivity contribution in [1.82, 2.24) is 0 Å². The van der Waals surface area contributed by atoms with Gasteiger partial charge in [0.05, 0.1) is 6.61 Å². The number of carbonyl (C=O) groups is 3. The molecule has 2 N–H and O–H groups in total. The molecule has 0 saturated heterocycles. The number of carbonyl (C=O) groups excluding carboxylic acids is 1. The minimum Gasteiger partial charge on any atom is -0.480 e. The lowest BCUT2D eigenvalue weighted by Crippen LogP contribution is -2.33. The minimum absolute atomic E-state index is 0.0556. The highest BCUT2D eigenvalue weighted by Crippen LogP contribution is 2.04. The van der Waals surface area contributed by atoms with E-state index in [0.717, 1.165) is 5.56 Å². The average Bonchev–Trinajstić information content (AvgIpc) is 2.29. The molecular weight excluding hydrogens is 240 g/mol. The Labute approximate surface area is 103 Å². The van der Waals surface area contributed by atoms with Crippen molar-refractivity contribution in [2.45, 2.75) is 6.42 Å². The van der Waals surface area contributed by atoms with Crippen LogP contribution in [-0.4, -0.2) is 34.7 Å². The van der Waals surface area contributed by atoms with Crippen LogP contribution < -0.4 is 0 Å². The van der Waals surface area contributed by atoms with E-state index in [1.54, 1.807) is 0 Å². The molecule has 96 valence electrons. The topological polar surface area (TPSA) is 101 Å². The Morgan fingerprint density at radius 1 is 1.06 bits per heavy atom. The third kappa shape index (κ3) is 3.89. The first-order valence-electron chi connectivity index (χ1n) is 5.18. The molecule has 0 aliphatic carbocycles. The molecule has 0 unspecified atom stereocenters. The smallest absolute Gasteiger partial charge is 0.331 e. The van der Waals surface area contributed by atoms with Crippen LogP contribution in [0.3, 0.4) is 0 Å². The Morgan fingerprint density at radius 3 is 2.11 bits per heavy atom. The van der Waals surface area contributed by atoms with Gasteiger partial charge in [-0.1, -0.05) is 30.3 Å². The summed E-state index contributed by atoms with van der Waals surface area (Å²) in [5.74, 6) is -6.88. The second-order valence-corrected chi connectivity index (χ2v) is 3.51. The zero-order valence-electron chi connectivity index (χ0n) is 9.41. The fourth-order valence-electron chi connectivity index (χ4n) is 1.30. The van der Waals surface area contributed by atoms with Gasteiger partial charge in [0.1, 0.15) is 0 Å². The average molecular weight is 252 g/mol. The molecule has 0 radical (unpaired) electrons. The summed E-state index contributed by atoms with van der Waals surface area (Å²) < 4.78 is 4.63. The fourth-order valence-corrected chi connectivity index (χ4v) is 1.30. The molecule has 0 amide bonds. The molecule has 6 nitrogen and oxygen atoms in total. The second kappa shape index (κ2) is 6.39. The minimum atomic E-state index is -2.17. The molecule has 1 aromatic carbocycles. The van der Waals surface area contributed by atoms with Crippen LogP contribution in [0.5, 0.6) is 0 Å². The van der Waals surface area contributed by atoms with Crippen molar-refractivity contribution in [2.75, 3.05) is 6.61 Å². The van der Waals surface area contributed by atoms with Crippen molar-refractivity contribution in [2.24, 2.45) is 5.92 Å². The third-order valence-corrected chi connectivity index (χ3v) is 2.21. The maximum Gasteiger partial charge on any atom is 0.331 e. The quantitative estimate of drug-likeness (QED) is 0.566.